The second-order valence-electron chi connectivity index (χ2n) is 7.18. The lowest BCUT2D eigenvalue weighted by Gasteiger charge is -2.28. The molecule has 0 N–H and O–H groups in total. The maximum atomic E-state index is 13.5. The lowest BCUT2D eigenvalue weighted by Crippen LogP contribution is -2.37. The van der Waals surface area contributed by atoms with E-state index in [-0.39, 0.29) is 10.9 Å². The number of fused-ring (bicyclic) bond motifs is 1. The van der Waals surface area contributed by atoms with Crippen molar-refractivity contribution in [3.63, 3.8) is 0 Å². The molecule has 150 valence electrons. The molecule has 5 nitrogen and oxygen atoms in total. The number of imide groups is 1. The fraction of sp³-hybridized carbons (Fsp3) is 0.130. The van der Waals surface area contributed by atoms with E-state index in [1.807, 2.05) is 60.7 Å². The Bertz CT molecular complexity index is 1120. The number of rotatable bonds is 3. The Morgan fingerprint density at radius 1 is 0.733 bits per heavy atom. The summed E-state index contributed by atoms with van der Waals surface area (Å²) in [6.07, 6.45) is -0.919. The van der Waals surface area contributed by atoms with Crippen molar-refractivity contribution < 1.29 is 14.4 Å². The van der Waals surface area contributed by atoms with Crippen LogP contribution in [0.3, 0.4) is 0 Å². The lowest BCUT2D eigenvalue weighted by atomic mass is 9.90. The first-order valence-corrected chi connectivity index (χ1v) is 10.2. The first kappa shape index (κ1) is 19.1. The number of carbonyl (C=O) groups is 2. The van der Waals surface area contributed by atoms with E-state index < -0.39 is 24.0 Å². The lowest BCUT2D eigenvalue weighted by molar-refractivity contribution is -0.126. The minimum atomic E-state index is -0.919. The molecule has 0 bridgehead atoms. The highest BCUT2D eigenvalue weighted by Gasteiger charge is 2.60. The van der Waals surface area contributed by atoms with Crippen LogP contribution in [-0.2, 0) is 14.4 Å². The molecule has 2 aliphatic heterocycles. The molecule has 0 aromatic heterocycles. The maximum Gasteiger partial charge on any atom is 0.266 e. The van der Waals surface area contributed by atoms with Crippen LogP contribution in [0.2, 0.25) is 10.0 Å². The van der Waals surface area contributed by atoms with Crippen LogP contribution in [0.5, 0.6) is 0 Å². The molecule has 2 amide bonds. The van der Waals surface area contributed by atoms with Crippen LogP contribution in [0.15, 0.2) is 78.9 Å². The van der Waals surface area contributed by atoms with E-state index in [0.29, 0.717) is 10.7 Å². The number of nitrogens with zero attached hydrogens (tertiary/aromatic N) is 2. The van der Waals surface area contributed by atoms with E-state index in [1.165, 1.54) is 6.07 Å². The Hall–Kier alpha value is -2.86. The maximum absolute atomic E-state index is 13.5. The number of hydroxylamine groups is 1. The van der Waals surface area contributed by atoms with Gasteiger partial charge in [-0.1, -0.05) is 71.7 Å². The van der Waals surface area contributed by atoms with E-state index in [0.717, 1.165) is 16.2 Å². The molecule has 3 atom stereocenters. The summed E-state index contributed by atoms with van der Waals surface area (Å²) in [5.41, 5.74) is 2.06. The molecule has 2 fully saturated rings. The van der Waals surface area contributed by atoms with E-state index >= 15 is 0 Å². The van der Waals surface area contributed by atoms with Gasteiger partial charge in [0.2, 0.25) is 5.91 Å². The first-order valence-electron chi connectivity index (χ1n) is 9.45. The average Bonchev–Trinajstić information content (AvgIpc) is 3.28. The number of halogens is 2. The van der Waals surface area contributed by atoms with Gasteiger partial charge in [0.1, 0.15) is 5.92 Å². The Kier molecular flexibility index (Phi) is 4.74. The number of amides is 2. The Labute approximate surface area is 183 Å². The van der Waals surface area contributed by atoms with Gasteiger partial charge >= 0.3 is 0 Å². The molecular weight excluding hydrogens is 423 g/mol. The fourth-order valence-electron chi connectivity index (χ4n) is 4.08. The van der Waals surface area contributed by atoms with Crippen molar-refractivity contribution in [2.24, 2.45) is 5.92 Å². The van der Waals surface area contributed by atoms with Crippen molar-refractivity contribution in [1.29, 1.82) is 0 Å². The third-order valence-corrected chi connectivity index (χ3v) is 6.17. The largest absolute Gasteiger partial charge is 0.273 e. The summed E-state index contributed by atoms with van der Waals surface area (Å²) in [5.74, 6) is -1.42. The van der Waals surface area contributed by atoms with Crippen molar-refractivity contribution in [1.82, 2.24) is 0 Å². The normalized spacial score (nSPS) is 23.2. The van der Waals surface area contributed by atoms with Gasteiger partial charge in [-0.15, -0.1) is 0 Å². The van der Waals surface area contributed by atoms with Gasteiger partial charge in [0.15, 0.2) is 6.10 Å². The molecule has 3 aromatic rings. The summed E-state index contributed by atoms with van der Waals surface area (Å²) >= 11 is 12.1. The van der Waals surface area contributed by atoms with Gasteiger partial charge in [-0.05, 0) is 35.9 Å². The van der Waals surface area contributed by atoms with Crippen molar-refractivity contribution in [2.75, 3.05) is 9.96 Å². The van der Waals surface area contributed by atoms with Crippen molar-refractivity contribution in [3.05, 3.63) is 94.5 Å². The summed E-state index contributed by atoms with van der Waals surface area (Å²) in [6, 6.07) is 23.3. The molecule has 0 unspecified atom stereocenters. The zero-order chi connectivity index (χ0) is 20.8. The number of hydrogen-bond acceptors (Lipinski definition) is 4. The van der Waals surface area contributed by atoms with Crippen LogP contribution in [0, 0.1) is 5.92 Å². The molecule has 0 aliphatic carbocycles. The topological polar surface area (TPSA) is 49.9 Å². The van der Waals surface area contributed by atoms with E-state index in [4.69, 9.17) is 28.0 Å². The predicted molar refractivity (Wildman–Crippen MR) is 115 cm³/mol. The third kappa shape index (κ3) is 2.98. The summed E-state index contributed by atoms with van der Waals surface area (Å²) in [6.45, 7) is 0. The zero-order valence-electron chi connectivity index (χ0n) is 15.6. The van der Waals surface area contributed by atoms with Gasteiger partial charge in [-0.3, -0.25) is 14.4 Å². The smallest absolute Gasteiger partial charge is 0.266 e. The van der Waals surface area contributed by atoms with E-state index in [2.05, 4.69) is 0 Å². The predicted octanol–water partition coefficient (Wildman–Crippen LogP) is 5.04. The number of hydrogen-bond donors (Lipinski definition) is 0. The molecule has 0 spiro atoms. The number of anilines is 2. The fourth-order valence-corrected chi connectivity index (χ4v) is 4.37. The van der Waals surface area contributed by atoms with Gasteiger partial charge in [0.25, 0.3) is 5.91 Å². The number of para-hydroxylation sites is 1. The molecule has 2 heterocycles. The van der Waals surface area contributed by atoms with Crippen LogP contribution >= 0.6 is 23.2 Å². The highest BCUT2D eigenvalue weighted by Crippen LogP contribution is 2.47. The monoisotopic (exact) mass is 438 g/mol. The van der Waals surface area contributed by atoms with Gasteiger partial charge in [-0.2, -0.15) is 0 Å². The Morgan fingerprint density at radius 3 is 2.07 bits per heavy atom. The zero-order valence-corrected chi connectivity index (χ0v) is 17.1. The Morgan fingerprint density at radius 2 is 1.40 bits per heavy atom. The summed E-state index contributed by atoms with van der Waals surface area (Å²) < 4.78 is 0. The highest BCUT2D eigenvalue weighted by molar-refractivity contribution is 6.42. The molecule has 30 heavy (non-hydrogen) atoms. The Balaban J connectivity index is 1.58. The van der Waals surface area contributed by atoms with Gasteiger partial charge in [0.05, 0.1) is 27.5 Å². The van der Waals surface area contributed by atoms with E-state index in [1.54, 1.807) is 17.2 Å². The van der Waals surface area contributed by atoms with Gasteiger partial charge < -0.3 is 0 Å². The van der Waals surface area contributed by atoms with Crippen molar-refractivity contribution >= 4 is 46.4 Å². The van der Waals surface area contributed by atoms with Gasteiger partial charge in [0, 0.05) is 0 Å². The first-order chi connectivity index (χ1) is 14.6. The summed E-state index contributed by atoms with van der Waals surface area (Å²) in [7, 11) is 0. The molecule has 2 aliphatic rings. The van der Waals surface area contributed by atoms with Crippen LogP contribution in [-0.4, -0.2) is 17.9 Å². The molecule has 0 saturated carbocycles. The summed E-state index contributed by atoms with van der Waals surface area (Å²) in [4.78, 5) is 33.9. The van der Waals surface area contributed by atoms with Crippen molar-refractivity contribution in [3.8, 4) is 0 Å². The van der Waals surface area contributed by atoms with Crippen molar-refractivity contribution in [2.45, 2.75) is 12.1 Å². The molecule has 0 radical (unpaired) electrons. The number of carbonyl (C=O) groups excluding carboxylic acids is 2. The average molecular weight is 439 g/mol. The molecule has 3 aromatic carbocycles. The third-order valence-electron chi connectivity index (χ3n) is 5.43. The molecule has 2 saturated heterocycles. The highest BCUT2D eigenvalue weighted by atomic mass is 35.5. The second kappa shape index (κ2) is 7.43. The van der Waals surface area contributed by atoms with Crippen LogP contribution in [0.25, 0.3) is 0 Å². The van der Waals surface area contributed by atoms with Gasteiger partial charge in [-0.25, -0.2) is 9.96 Å². The number of benzene rings is 3. The van der Waals surface area contributed by atoms with Crippen LogP contribution in [0.1, 0.15) is 11.6 Å². The molecular formula is C23H16Cl2N2O3. The van der Waals surface area contributed by atoms with Crippen LogP contribution in [0.4, 0.5) is 11.4 Å². The minimum absolute atomic E-state index is 0.276. The summed E-state index contributed by atoms with van der Waals surface area (Å²) in [5, 5.41) is 2.30. The quantitative estimate of drug-likeness (QED) is 0.537. The van der Waals surface area contributed by atoms with Crippen LogP contribution < -0.4 is 9.96 Å². The molecule has 5 rings (SSSR count). The second-order valence-corrected chi connectivity index (χ2v) is 7.99. The standard InChI is InChI=1S/C23H16Cl2N2O3/c24-17-12-11-16(13-18(17)25)26-22(28)19-20(14-7-3-1-4-8-14)27(30-21(19)23(26)29)15-9-5-2-6-10-15/h1-13,19-21H/t19-,20+,21-/m0/s1. The minimum Gasteiger partial charge on any atom is -0.273 e. The SMILES string of the molecule is O=C1[C@@H]2[C@H](ON(c3ccccc3)[C@@H]2c2ccccc2)C(=O)N1c1ccc(Cl)c(Cl)c1. The molecule has 7 heteroatoms. The van der Waals surface area contributed by atoms with E-state index in [9.17, 15) is 9.59 Å².